The first-order chi connectivity index (χ1) is 11.4. The number of furan rings is 1. The standard InChI is InChI=1S/C21H20N2O/c1-13-8-9-16-15-6-5-7-17(19(15)24-20(16)23-13)18-12-14(10-11-22-18)21(2,3)4/h5-12H,1-4H3. The van der Waals surface area contributed by atoms with Crippen LogP contribution in [0.1, 0.15) is 32.0 Å². The Labute approximate surface area is 141 Å². The molecule has 4 rings (SSSR count). The van der Waals surface area contributed by atoms with Gasteiger partial charge in [-0.3, -0.25) is 4.98 Å². The maximum atomic E-state index is 6.09. The fraction of sp³-hybridized carbons (Fsp3) is 0.238. The Bertz CT molecular complexity index is 1050. The number of pyridine rings is 2. The van der Waals surface area contributed by atoms with E-state index >= 15 is 0 Å². The van der Waals surface area contributed by atoms with Gasteiger partial charge in [0, 0.05) is 28.2 Å². The third-order valence-electron chi connectivity index (χ3n) is 4.41. The molecule has 1 aromatic carbocycles. The number of hydrogen-bond acceptors (Lipinski definition) is 3. The summed E-state index contributed by atoms with van der Waals surface area (Å²) < 4.78 is 6.09. The van der Waals surface area contributed by atoms with Crippen LogP contribution in [0.15, 0.2) is 53.1 Å². The minimum absolute atomic E-state index is 0.0815. The van der Waals surface area contributed by atoms with Gasteiger partial charge in [0.1, 0.15) is 5.58 Å². The summed E-state index contributed by atoms with van der Waals surface area (Å²) in [5, 5.41) is 2.13. The van der Waals surface area contributed by atoms with E-state index in [1.807, 2.05) is 19.2 Å². The van der Waals surface area contributed by atoms with Gasteiger partial charge in [0.15, 0.2) is 0 Å². The Morgan fingerprint density at radius 3 is 2.58 bits per heavy atom. The van der Waals surface area contributed by atoms with Gasteiger partial charge in [-0.15, -0.1) is 0 Å². The van der Waals surface area contributed by atoms with Gasteiger partial charge in [-0.05, 0) is 48.2 Å². The molecule has 3 aromatic heterocycles. The molecular formula is C21H20N2O. The molecule has 0 aliphatic heterocycles. The van der Waals surface area contributed by atoms with Crippen molar-refractivity contribution in [1.29, 1.82) is 0 Å². The van der Waals surface area contributed by atoms with Gasteiger partial charge in [0.2, 0.25) is 5.71 Å². The number of nitrogens with zero attached hydrogens (tertiary/aromatic N) is 2. The van der Waals surface area contributed by atoms with Crippen molar-refractivity contribution in [3.05, 3.63) is 59.9 Å². The summed E-state index contributed by atoms with van der Waals surface area (Å²) in [5.74, 6) is 0. The van der Waals surface area contributed by atoms with E-state index in [4.69, 9.17) is 4.42 Å². The van der Waals surface area contributed by atoms with Crippen LogP contribution < -0.4 is 0 Å². The molecule has 0 fully saturated rings. The van der Waals surface area contributed by atoms with E-state index in [9.17, 15) is 0 Å². The minimum Gasteiger partial charge on any atom is -0.437 e. The van der Waals surface area contributed by atoms with Gasteiger partial charge in [-0.2, -0.15) is 0 Å². The second kappa shape index (κ2) is 5.17. The molecule has 0 N–H and O–H groups in total. The van der Waals surface area contributed by atoms with E-state index in [1.165, 1.54) is 5.56 Å². The van der Waals surface area contributed by atoms with Gasteiger partial charge in [-0.25, -0.2) is 4.98 Å². The highest BCUT2D eigenvalue weighted by molar-refractivity contribution is 6.08. The zero-order chi connectivity index (χ0) is 16.9. The van der Waals surface area contributed by atoms with E-state index in [-0.39, 0.29) is 5.41 Å². The Balaban J connectivity index is 1.99. The molecule has 3 heterocycles. The predicted octanol–water partition coefficient (Wildman–Crippen LogP) is 5.65. The van der Waals surface area contributed by atoms with Crippen LogP contribution in [0.2, 0.25) is 0 Å². The minimum atomic E-state index is 0.0815. The van der Waals surface area contributed by atoms with Crippen molar-refractivity contribution in [1.82, 2.24) is 9.97 Å². The van der Waals surface area contributed by atoms with Gasteiger partial charge in [-0.1, -0.05) is 32.9 Å². The van der Waals surface area contributed by atoms with E-state index in [2.05, 4.69) is 67.1 Å². The molecule has 0 atom stereocenters. The summed E-state index contributed by atoms with van der Waals surface area (Å²) in [5.41, 5.74) is 5.77. The topological polar surface area (TPSA) is 38.9 Å². The summed E-state index contributed by atoms with van der Waals surface area (Å²) >= 11 is 0. The number of aromatic nitrogens is 2. The second-order valence-electron chi connectivity index (χ2n) is 7.27. The fourth-order valence-electron chi connectivity index (χ4n) is 3.02. The molecule has 0 radical (unpaired) electrons. The van der Waals surface area contributed by atoms with Gasteiger partial charge >= 0.3 is 0 Å². The molecule has 3 heteroatoms. The maximum absolute atomic E-state index is 6.09. The highest BCUT2D eigenvalue weighted by atomic mass is 16.3. The fourth-order valence-corrected chi connectivity index (χ4v) is 3.02. The van der Waals surface area contributed by atoms with Crippen LogP contribution in [-0.4, -0.2) is 9.97 Å². The van der Waals surface area contributed by atoms with Crippen molar-refractivity contribution in [3.63, 3.8) is 0 Å². The Morgan fingerprint density at radius 2 is 1.79 bits per heavy atom. The van der Waals surface area contributed by atoms with Crippen molar-refractivity contribution in [2.75, 3.05) is 0 Å². The Morgan fingerprint density at radius 1 is 0.958 bits per heavy atom. The molecule has 0 aliphatic rings. The molecule has 120 valence electrons. The first-order valence-electron chi connectivity index (χ1n) is 8.19. The number of para-hydroxylation sites is 1. The van der Waals surface area contributed by atoms with Crippen LogP contribution in [0.3, 0.4) is 0 Å². The number of aryl methyl sites for hydroxylation is 1. The third-order valence-corrected chi connectivity index (χ3v) is 4.41. The molecule has 3 nitrogen and oxygen atoms in total. The lowest BCUT2D eigenvalue weighted by Crippen LogP contribution is -2.11. The highest BCUT2D eigenvalue weighted by Gasteiger charge is 2.17. The smallest absolute Gasteiger partial charge is 0.227 e. The van der Waals surface area contributed by atoms with Gasteiger partial charge in [0.05, 0.1) is 5.69 Å². The molecule has 0 amide bonds. The van der Waals surface area contributed by atoms with Gasteiger partial charge in [0.25, 0.3) is 0 Å². The third kappa shape index (κ3) is 2.37. The molecule has 0 saturated heterocycles. The lowest BCUT2D eigenvalue weighted by Gasteiger charge is -2.19. The van der Waals surface area contributed by atoms with E-state index in [0.717, 1.165) is 33.3 Å². The molecule has 24 heavy (non-hydrogen) atoms. The molecule has 0 unspecified atom stereocenters. The molecule has 0 aliphatic carbocycles. The van der Waals surface area contributed by atoms with Crippen LogP contribution in [-0.2, 0) is 5.41 Å². The lowest BCUT2D eigenvalue weighted by molar-refractivity contribution is 0.589. The van der Waals surface area contributed by atoms with Crippen molar-refractivity contribution >= 4 is 22.1 Å². The Hall–Kier alpha value is -2.68. The zero-order valence-electron chi connectivity index (χ0n) is 14.4. The summed E-state index contributed by atoms with van der Waals surface area (Å²) in [7, 11) is 0. The molecular weight excluding hydrogens is 296 g/mol. The molecule has 0 spiro atoms. The van der Waals surface area contributed by atoms with E-state index in [1.54, 1.807) is 0 Å². The first kappa shape index (κ1) is 14.9. The number of benzene rings is 1. The van der Waals surface area contributed by atoms with Crippen LogP contribution in [0.5, 0.6) is 0 Å². The van der Waals surface area contributed by atoms with Gasteiger partial charge < -0.3 is 4.42 Å². The van der Waals surface area contributed by atoms with Crippen molar-refractivity contribution in [3.8, 4) is 11.3 Å². The zero-order valence-corrected chi connectivity index (χ0v) is 14.4. The number of rotatable bonds is 1. The normalized spacial score (nSPS) is 12.2. The highest BCUT2D eigenvalue weighted by Crippen LogP contribution is 2.35. The quantitative estimate of drug-likeness (QED) is 0.455. The van der Waals surface area contributed by atoms with Crippen LogP contribution >= 0.6 is 0 Å². The van der Waals surface area contributed by atoms with E-state index in [0.29, 0.717) is 5.71 Å². The van der Waals surface area contributed by atoms with Crippen molar-refractivity contribution in [2.24, 2.45) is 0 Å². The van der Waals surface area contributed by atoms with Crippen LogP contribution in [0, 0.1) is 6.92 Å². The number of fused-ring (bicyclic) bond motifs is 3. The SMILES string of the molecule is Cc1ccc2c(n1)oc1c(-c3cc(C(C)(C)C)ccn3)cccc12. The first-order valence-corrected chi connectivity index (χ1v) is 8.19. The molecule has 4 aromatic rings. The second-order valence-corrected chi connectivity index (χ2v) is 7.27. The van der Waals surface area contributed by atoms with Crippen molar-refractivity contribution in [2.45, 2.75) is 33.1 Å². The summed E-state index contributed by atoms with van der Waals surface area (Å²) in [6.45, 7) is 8.60. The number of hydrogen-bond donors (Lipinski definition) is 0. The Kier molecular flexibility index (Phi) is 3.20. The summed E-state index contributed by atoms with van der Waals surface area (Å²) in [4.78, 5) is 9.10. The average molecular weight is 316 g/mol. The maximum Gasteiger partial charge on any atom is 0.227 e. The summed E-state index contributed by atoms with van der Waals surface area (Å²) in [6, 6.07) is 14.5. The predicted molar refractivity (Wildman–Crippen MR) is 98.2 cm³/mol. The van der Waals surface area contributed by atoms with E-state index < -0.39 is 0 Å². The lowest BCUT2D eigenvalue weighted by atomic mass is 9.87. The average Bonchev–Trinajstić information content (AvgIpc) is 2.91. The van der Waals surface area contributed by atoms with Crippen LogP contribution in [0.4, 0.5) is 0 Å². The van der Waals surface area contributed by atoms with Crippen LogP contribution in [0.25, 0.3) is 33.3 Å². The molecule has 0 bridgehead atoms. The van der Waals surface area contributed by atoms with Crippen molar-refractivity contribution < 1.29 is 4.42 Å². The summed E-state index contributed by atoms with van der Waals surface area (Å²) in [6.07, 6.45) is 1.87. The largest absolute Gasteiger partial charge is 0.437 e. The monoisotopic (exact) mass is 316 g/mol. The molecule has 0 saturated carbocycles.